The molecule has 3 aromatic rings. The van der Waals surface area contributed by atoms with E-state index in [2.05, 4.69) is 15.5 Å². The van der Waals surface area contributed by atoms with E-state index in [4.69, 9.17) is 4.52 Å². The first-order valence-corrected chi connectivity index (χ1v) is 11.4. The quantitative estimate of drug-likeness (QED) is 0.583. The summed E-state index contributed by atoms with van der Waals surface area (Å²) in [5.74, 6) is 1.82. The van der Waals surface area contributed by atoms with Crippen molar-refractivity contribution in [1.82, 2.24) is 10.1 Å². The Bertz CT molecular complexity index is 1200. The Balaban J connectivity index is 1.42. The molecule has 0 radical (unpaired) electrons. The van der Waals surface area contributed by atoms with Crippen molar-refractivity contribution in [1.29, 1.82) is 0 Å². The van der Waals surface area contributed by atoms with Gasteiger partial charge in [-0.15, -0.1) is 11.3 Å². The average Bonchev–Trinajstić information content (AvgIpc) is 3.41. The highest BCUT2D eigenvalue weighted by Crippen LogP contribution is 2.47. The number of amides is 1. The molecule has 152 valence electrons. The number of aldehydes is 1. The van der Waals surface area contributed by atoms with Crippen LogP contribution in [0, 0.1) is 11.8 Å². The second-order valence-corrected chi connectivity index (χ2v) is 9.58. The summed E-state index contributed by atoms with van der Waals surface area (Å²) in [7, 11) is 0. The highest BCUT2D eigenvalue weighted by molar-refractivity contribution is 7.23. The highest BCUT2D eigenvalue weighted by Gasteiger charge is 2.38. The molecule has 1 aromatic carbocycles. The average molecular weight is 420 g/mol. The number of nitrogens with zero attached hydrogens (tertiary/aromatic N) is 2. The van der Waals surface area contributed by atoms with Crippen LogP contribution in [0.25, 0.3) is 21.5 Å². The van der Waals surface area contributed by atoms with Crippen molar-refractivity contribution in [3.05, 3.63) is 41.2 Å². The lowest BCUT2D eigenvalue weighted by atomic mass is 9.67. The number of anilines is 1. The predicted molar refractivity (Wildman–Crippen MR) is 114 cm³/mol. The zero-order valence-corrected chi connectivity index (χ0v) is 17.2. The molecule has 0 spiro atoms. The number of allylic oxidation sites excluding steroid dienone is 1. The van der Waals surface area contributed by atoms with Gasteiger partial charge in [0.25, 0.3) is 11.8 Å². The van der Waals surface area contributed by atoms with E-state index in [1.807, 2.05) is 24.3 Å². The smallest absolute Gasteiger partial charge is 0.261 e. The lowest BCUT2D eigenvalue weighted by Gasteiger charge is -2.37. The molecule has 0 unspecified atom stereocenters. The molecule has 4 aliphatic rings. The van der Waals surface area contributed by atoms with Gasteiger partial charge in [-0.05, 0) is 56.4 Å². The number of carbonyl (C=O) groups is 2. The van der Waals surface area contributed by atoms with Gasteiger partial charge in [0, 0.05) is 27.2 Å². The van der Waals surface area contributed by atoms with E-state index < -0.39 is 0 Å². The zero-order valence-electron chi connectivity index (χ0n) is 16.4. The number of rotatable bonds is 5. The van der Waals surface area contributed by atoms with E-state index in [0.717, 1.165) is 66.3 Å². The van der Waals surface area contributed by atoms with Gasteiger partial charge in [-0.2, -0.15) is 4.98 Å². The summed E-state index contributed by atoms with van der Waals surface area (Å²) in [6.07, 6.45) is 7.08. The fourth-order valence-electron chi connectivity index (χ4n) is 4.98. The minimum absolute atomic E-state index is 0.166. The van der Waals surface area contributed by atoms with Gasteiger partial charge >= 0.3 is 0 Å². The number of aromatic nitrogens is 2. The van der Waals surface area contributed by atoms with Crippen LogP contribution >= 0.6 is 11.3 Å². The maximum absolute atomic E-state index is 13.3. The molecule has 2 fully saturated rings. The molecule has 0 aliphatic heterocycles. The zero-order chi connectivity index (χ0) is 20.2. The minimum Gasteiger partial charge on any atom is -0.334 e. The van der Waals surface area contributed by atoms with E-state index in [9.17, 15) is 9.59 Å². The molecule has 1 N–H and O–H groups in total. The van der Waals surface area contributed by atoms with Gasteiger partial charge in [-0.25, -0.2) is 0 Å². The fourth-order valence-corrected chi connectivity index (χ4v) is 6.07. The number of benzene rings is 1. The molecular weight excluding hydrogens is 398 g/mol. The summed E-state index contributed by atoms with van der Waals surface area (Å²) < 4.78 is 6.65. The number of hydrogen-bond acceptors (Lipinski definition) is 6. The van der Waals surface area contributed by atoms with E-state index in [1.165, 1.54) is 11.3 Å². The largest absolute Gasteiger partial charge is 0.334 e. The molecule has 30 heavy (non-hydrogen) atoms. The van der Waals surface area contributed by atoms with Crippen molar-refractivity contribution < 1.29 is 14.1 Å². The van der Waals surface area contributed by atoms with Crippen LogP contribution in [0.1, 0.15) is 50.3 Å². The summed E-state index contributed by atoms with van der Waals surface area (Å²) >= 11 is 1.50. The van der Waals surface area contributed by atoms with Gasteiger partial charge in [-0.3, -0.25) is 9.59 Å². The lowest BCUT2D eigenvalue weighted by Crippen LogP contribution is -2.33. The van der Waals surface area contributed by atoms with Crippen LogP contribution in [-0.4, -0.2) is 22.3 Å². The van der Waals surface area contributed by atoms with Gasteiger partial charge < -0.3 is 9.84 Å². The summed E-state index contributed by atoms with van der Waals surface area (Å²) in [6, 6.07) is 7.98. The predicted octanol–water partition coefficient (Wildman–Crippen LogP) is 5.08. The van der Waals surface area contributed by atoms with Crippen molar-refractivity contribution >= 4 is 38.6 Å². The minimum atomic E-state index is -0.166. The van der Waals surface area contributed by atoms with Crippen molar-refractivity contribution in [3.63, 3.8) is 0 Å². The van der Waals surface area contributed by atoms with Crippen LogP contribution < -0.4 is 5.32 Å². The molecule has 2 aromatic heterocycles. The Morgan fingerprint density at radius 2 is 1.80 bits per heavy atom. The molecule has 6 nitrogen and oxygen atoms in total. The molecule has 7 rings (SSSR count). The highest BCUT2D eigenvalue weighted by atomic mass is 32.1. The normalized spacial score (nSPS) is 23.2. The Kier molecular flexibility index (Phi) is 4.13. The second kappa shape index (κ2) is 6.87. The van der Waals surface area contributed by atoms with Crippen molar-refractivity contribution in [3.8, 4) is 11.5 Å². The third kappa shape index (κ3) is 2.83. The summed E-state index contributed by atoms with van der Waals surface area (Å²) in [5, 5.41) is 8.95. The molecule has 2 heterocycles. The Labute approximate surface area is 177 Å². The van der Waals surface area contributed by atoms with Gasteiger partial charge in [0.05, 0.1) is 5.56 Å². The molecule has 7 heteroatoms. The standard InChI is InChI=1S/C23H21N3O3S/c27-11-16-12-5-7-13(8-6-12)18(16)21(28)25-23-19(15-3-1-2-4-17(15)30-23)22-24-20(26-29-22)14-9-10-14/h1-4,11-14H,5-10H2,(H,25,28). The fraction of sp³-hybridized carbons (Fsp3) is 0.391. The summed E-state index contributed by atoms with van der Waals surface area (Å²) in [4.78, 5) is 29.7. The molecule has 0 atom stereocenters. The molecule has 0 saturated heterocycles. The van der Waals surface area contributed by atoms with Crippen molar-refractivity contribution in [2.24, 2.45) is 11.8 Å². The van der Waals surface area contributed by atoms with E-state index >= 15 is 0 Å². The first-order valence-electron chi connectivity index (χ1n) is 10.6. The van der Waals surface area contributed by atoms with Crippen LogP contribution in [0.4, 0.5) is 5.00 Å². The number of nitrogens with one attached hydrogen (secondary N) is 1. The van der Waals surface area contributed by atoms with Crippen LogP contribution in [0.2, 0.25) is 0 Å². The molecule has 2 bridgehead atoms. The SMILES string of the molecule is O=CC1=C(C(=O)Nc2sc3ccccc3c2-c2nc(C3CC3)no2)C2CCC1CC2. The van der Waals surface area contributed by atoms with Crippen LogP contribution in [-0.2, 0) is 9.59 Å². The Morgan fingerprint density at radius 3 is 2.57 bits per heavy atom. The van der Waals surface area contributed by atoms with Gasteiger partial charge in [0.15, 0.2) is 5.82 Å². The van der Waals surface area contributed by atoms with E-state index in [-0.39, 0.29) is 17.7 Å². The van der Waals surface area contributed by atoms with Crippen LogP contribution in [0.15, 0.2) is 39.9 Å². The topological polar surface area (TPSA) is 85.1 Å². The number of thiophene rings is 1. The number of carbonyl (C=O) groups excluding carboxylic acids is 2. The first-order chi connectivity index (χ1) is 14.7. The Hall–Kier alpha value is -2.80. The summed E-state index contributed by atoms with van der Waals surface area (Å²) in [6.45, 7) is 0. The molecular formula is C23H21N3O3S. The number of fused-ring (bicyclic) bond motifs is 3. The van der Waals surface area contributed by atoms with E-state index in [1.54, 1.807) is 0 Å². The maximum atomic E-state index is 13.3. The Morgan fingerprint density at radius 1 is 1.07 bits per heavy atom. The molecule has 4 aliphatic carbocycles. The third-order valence-corrected chi connectivity index (χ3v) is 7.76. The van der Waals surface area contributed by atoms with Crippen molar-refractivity contribution in [2.75, 3.05) is 5.32 Å². The third-order valence-electron chi connectivity index (χ3n) is 6.68. The lowest BCUT2D eigenvalue weighted by molar-refractivity contribution is -0.114. The van der Waals surface area contributed by atoms with Gasteiger partial charge in [0.1, 0.15) is 11.3 Å². The maximum Gasteiger partial charge on any atom is 0.261 e. The first kappa shape index (κ1) is 18.0. The monoisotopic (exact) mass is 419 g/mol. The van der Waals surface area contributed by atoms with Crippen LogP contribution in [0.3, 0.4) is 0 Å². The van der Waals surface area contributed by atoms with Gasteiger partial charge in [0.2, 0.25) is 0 Å². The van der Waals surface area contributed by atoms with E-state index in [0.29, 0.717) is 28.0 Å². The summed E-state index contributed by atoms with van der Waals surface area (Å²) in [5.41, 5.74) is 2.16. The molecule has 2 saturated carbocycles. The molecule has 1 amide bonds. The van der Waals surface area contributed by atoms with Crippen molar-refractivity contribution in [2.45, 2.75) is 44.4 Å². The van der Waals surface area contributed by atoms with Gasteiger partial charge in [-0.1, -0.05) is 23.4 Å². The second-order valence-electron chi connectivity index (χ2n) is 8.52. The number of hydrogen-bond donors (Lipinski definition) is 1. The van der Waals surface area contributed by atoms with Crippen LogP contribution in [0.5, 0.6) is 0 Å².